The van der Waals surface area contributed by atoms with Crippen LogP contribution < -0.4 is 0 Å². The topological polar surface area (TPSA) is 66.7 Å². The van der Waals surface area contributed by atoms with Crippen molar-refractivity contribution < 1.29 is 5.11 Å². The molecule has 0 aliphatic heterocycles. The van der Waals surface area contributed by atoms with Crippen molar-refractivity contribution in [2.24, 2.45) is 0 Å². The fraction of sp³-hybridized carbons (Fsp3) is 0.500. The number of aryl methyl sites for hydroxylation is 1. The van der Waals surface area contributed by atoms with Gasteiger partial charge >= 0.3 is 0 Å². The number of hydrogen-bond donors (Lipinski definition) is 2. The highest BCUT2D eigenvalue weighted by molar-refractivity contribution is 5.53. The Morgan fingerprint density at radius 3 is 2.82 bits per heavy atom. The monoisotopic (exact) mass is 232 g/mol. The summed E-state index contributed by atoms with van der Waals surface area (Å²) in [5, 5.41) is 10.2. The van der Waals surface area contributed by atoms with Crippen molar-refractivity contribution in [3.63, 3.8) is 0 Å². The third kappa shape index (κ3) is 1.58. The number of nitrogens with zero attached hydrogens (tertiary/aromatic N) is 3. The standard InChI is InChI=1S/C12H16N4O/c1-8-10(15-7-14-8)11-13-5-6-16(11)9(2)12(17)3-4-12/h5-7,9,17H,3-4H2,1-2H3,(H,14,15). The van der Waals surface area contributed by atoms with Crippen LogP contribution in [0, 0.1) is 6.92 Å². The average Bonchev–Trinajstić information content (AvgIpc) is 2.77. The van der Waals surface area contributed by atoms with Crippen molar-refractivity contribution in [3.05, 3.63) is 24.4 Å². The molecule has 5 nitrogen and oxygen atoms in total. The molecule has 2 aromatic heterocycles. The molecule has 1 unspecified atom stereocenters. The van der Waals surface area contributed by atoms with Gasteiger partial charge in [0.15, 0.2) is 5.82 Å². The highest BCUT2D eigenvalue weighted by Gasteiger charge is 2.47. The molecule has 0 spiro atoms. The summed E-state index contributed by atoms with van der Waals surface area (Å²) in [6, 6.07) is 0.0381. The normalized spacial score (nSPS) is 19.2. The van der Waals surface area contributed by atoms with Crippen molar-refractivity contribution in [3.8, 4) is 11.5 Å². The van der Waals surface area contributed by atoms with Crippen LogP contribution in [-0.4, -0.2) is 30.2 Å². The van der Waals surface area contributed by atoms with Gasteiger partial charge in [0.2, 0.25) is 0 Å². The molecular weight excluding hydrogens is 216 g/mol. The van der Waals surface area contributed by atoms with Crippen LogP contribution in [0.25, 0.3) is 11.5 Å². The Kier molecular flexibility index (Phi) is 2.13. The molecule has 0 aromatic carbocycles. The first-order valence-corrected chi connectivity index (χ1v) is 5.87. The minimum Gasteiger partial charge on any atom is -0.388 e. The summed E-state index contributed by atoms with van der Waals surface area (Å²) >= 11 is 0. The minimum absolute atomic E-state index is 0.0381. The molecule has 2 heterocycles. The molecule has 0 radical (unpaired) electrons. The van der Waals surface area contributed by atoms with Crippen molar-refractivity contribution in [2.75, 3.05) is 0 Å². The molecule has 3 rings (SSSR count). The van der Waals surface area contributed by atoms with E-state index >= 15 is 0 Å². The van der Waals surface area contributed by atoms with Crippen LogP contribution in [0.2, 0.25) is 0 Å². The number of aromatic nitrogens is 4. The maximum Gasteiger partial charge on any atom is 0.160 e. The van der Waals surface area contributed by atoms with E-state index < -0.39 is 5.60 Å². The maximum atomic E-state index is 10.2. The predicted molar refractivity (Wildman–Crippen MR) is 63.4 cm³/mol. The van der Waals surface area contributed by atoms with Crippen LogP contribution in [0.5, 0.6) is 0 Å². The second-order valence-electron chi connectivity index (χ2n) is 4.81. The van der Waals surface area contributed by atoms with Crippen LogP contribution >= 0.6 is 0 Å². The fourth-order valence-electron chi connectivity index (χ4n) is 2.20. The zero-order valence-electron chi connectivity index (χ0n) is 10.0. The number of hydrogen-bond acceptors (Lipinski definition) is 3. The Hall–Kier alpha value is -1.62. The summed E-state index contributed by atoms with van der Waals surface area (Å²) in [5.41, 5.74) is 1.29. The molecule has 1 atom stereocenters. The van der Waals surface area contributed by atoms with Gasteiger partial charge in [0.05, 0.1) is 18.0 Å². The highest BCUT2D eigenvalue weighted by Crippen LogP contribution is 2.45. The molecule has 1 aliphatic carbocycles. The number of imidazole rings is 2. The molecule has 0 saturated heterocycles. The highest BCUT2D eigenvalue weighted by atomic mass is 16.3. The number of aliphatic hydroxyl groups is 1. The number of H-pyrrole nitrogens is 1. The summed E-state index contributed by atoms with van der Waals surface area (Å²) < 4.78 is 2.01. The Morgan fingerprint density at radius 1 is 1.47 bits per heavy atom. The number of aromatic amines is 1. The van der Waals surface area contributed by atoms with Gasteiger partial charge in [0, 0.05) is 18.1 Å². The van der Waals surface area contributed by atoms with E-state index in [2.05, 4.69) is 15.0 Å². The molecule has 0 amide bonds. The van der Waals surface area contributed by atoms with E-state index in [-0.39, 0.29) is 6.04 Å². The molecule has 2 N–H and O–H groups in total. The molecular formula is C12H16N4O. The van der Waals surface area contributed by atoms with Crippen molar-refractivity contribution >= 4 is 0 Å². The SMILES string of the molecule is Cc1[nH]cnc1-c1nccn1C(C)C1(O)CC1. The molecule has 1 fully saturated rings. The van der Waals surface area contributed by atoms with Gasteiger partial charge in [0.25, 0.3) is 0 Å². The first-order valence-electron chi connectivity index (χ1n) is 5.87. The summed E-state index contributed by atoms with van der Waals surface area (Å²) in [4.78, 5) is 11.7. The zero-order valence-corrected chi connectivity index (χ0v) is 10.0. The fourth-order valence-corrected chi connectivity index (χ4v) is 2.20. The Bertz CT molecular complexity index is 538. The van der Waals surface area contributed by atoms with Crippen LogP contribution in [-0.2, 0) is 0 Å². The molecule has 1 aliphatic rings. The summed E-state index contributed by atoms with van der Waals surface area (Å²) in [6.07, 6.45) is 7.06. The van der Waals surface area contributed by atoms with E-state index in [0.717, 1.165) is 30.1 Å². The van der Waals surface area contributed by atoms with E-state index in [9.17, 15) is 5.11 Å². The molecule has 17 heavy (non-hydrogen) atoms. The Balaban J connectivity index is 2.03. The Morgan fingerprint density at radius 2 is 2.24 bits per heavy atom. The number of nitrogens with one attached hydrogen (secondary N) is 1. The van der Waals surface area contributed by atoms with Crippen molar-refractivity contribution in [2.45, 2.75) is 38.3 Å². The quantitative estimate of drug-likeness (QED) is 0.845. The van der Waals surface area contributed by atoms with E-state index in [1.54, 1.807) is 12.5 Å². The largest absolute Gasteiger partial charge is 0.388 e. The Labute approximate surface area is 99.5 Å². The predicted octanol–water partition coefficient (Wildman–Crippen LogP) is 1.67. The lowest BCUT2D eigenvalue weighted by Gasteiger charge is -2.21. The van der Waals surface area contributed by atoms with E-state index in [1.807, 2.05) is 24.6 Å². The molecule has 90 valence electrons. The van der Waals surface area contributed by atoms with Crippen LogP contribution in [0.15, 0.2) is 18.7 Å². The van der Waals surface area contributed by atoms with Gasteiger partial charge in [-0.05, 0) is 26.7 Å². The van der Waals surface area contributed by atoms with Gasteiger partial charge in [-0.2, -0.15) is 0 Å². The minimum atomic E-state index is -0.556. The van der Waals surface area contributed by atoms with Gasteiger partial charge in [-0.15, -0.1) is 0 Å². The molecule has 0 bridgehead atoms. The zero-order chi connectivity index (χ0) is 12.0. The lowest BCUT2D eigenvalue weighted by Crippen LogP contribution is -2.23. The molecule has 5 heteroatoms. The lowest BCUT2D eigenvalue weighted by molar-refractivity contribution is 0.0962. The third-order valence-electron chi connectivity index (χ3n) is 3.67. The van der Waals surface area contributed by atoms with E-state index in [1.165, 1.54) is 0 Å². The van der Waals surface area contributed by atoms with Gasteiger partial charge in [0.1, 0.15) is 5.69 Å². The van der Waals surface area contributed by atoms with Gasteiger partial charge < -0.3 is 14.7 Å². The van der Waals surface area contributed by atoms with Gasteiger partial charge in [-0.1, -0.05) is 0 Å². The van der Waals surface area contributed by atoms with E-state index in [0.29, 0.717) is 0 Å². The third-order valence-corrected chi connectivity index (χ3v) is 3.67. The first-order chi connectivity index (χ1) is 8.12. The van der Waals surface area contributed by atoms with Crippen molar-refractivity contribution in [1.82, 2.24) is 19.5 Å². The van der Waals surface area contributed by atoms with Gasteiger partial charge in [-0.3, -0.25) is 0 Å². The van der Waals surface area contributed by atoms with E-state index in [4.69, 9.17) is 0 Å². The summed E-state index contributed by atoms with van der Waals surface area (Å²) in [7, 11) is 0. The second-order valence-corrected chi connectivity index (χ2v) is 4.81. The smallest absolute Gasteiger partial charge is 0.160 e. The van der Waals surface area contributed by atoms with Crippen LogP contribution in [0.1, 0.15) is 31.5 Å². The first kappa shape index (κ1) is 10.5. The summed E-state index contributed by atoms with van der Waals surface area (Å²) in [5.74, 6) is 0.816. The maximum absolute atomic E-state index is 10.2. The van der Waals surface area contributed by atoms with Gasteiger partial charge in [-0.25, -0.2) is 9.97 Å². The average molecular weight is 232 g/mol. The van der Waals surface area contributed by atoms with Crippen LogP contribution in [0.4, 0.5) is 0 Å². The van der Waals surface area contributed by atoms with Crippen molar-refractivity contribution in [1.29, 1.82) is 0 Å². The lowest BCUT2D eigenvalue weighted by atomic mass is 10.1. The van der Waals surface area contributed by atoms with Crippen LogP contribution in [0.3, 0.4) is 0 Å². The molecule has 2 aromatic rings. The number of rotatable bonds is 3. The second kappa shape index (κ2) is 3.43. The summed E-state index contributed by atoms with van der Waals surface area (Å²) in [6.45, 7) is 4.00. The molecule has 1 saturated carbocycles.